The topological polar surface area (TPSA) is 43.1 Å². The normalized spacial score (nSPS) is 14.4. The van der Waals surface area contributed by atoms with Crippen LogP contribution in [0, 0.1) is 12.7 Å². The van der Waals surface area contributed by atoms with E-state index in [9.17, 15) is 4.39 Å². The van der Waals surface area contributed by atoms with Crippen molar-refractivity contribution >= 4 is 5.71 Å². The molecule has 4 nitrogen and oxygen atoms in total. The number of halogens is 1. The molecular weight excluding hydrogens is 219 g/mol. The van der Waals surface area contributed by atoms with E-state index in [-0.39, 0.29) is 5.82 Å². The first-order valence-electron chi connectivity index (χ1n) is 5.46. The van der Waals surface area contributed by atoms with Crippen LogP contribution in [0.2, 0.25) is 0 Å². The molecule has 17 heavy (non-hydrogen) atoms. The van der Waals surface area contributed by atoms with Crippen LogP contribution in [0.4, 0.5) is 4.39 Å². The zero-order valence-electron chi connectivity index (χ0n) is 9.39. The number of aliphatic imine (C=N–C) groups is 1. The van der Waals surface area contributed by atoms with Crippen LogP contribution in [-0.4, -0.2) is 27.0 Å². The summed E-state index contributed by atoms with van der Waals surface area (Å²) in [7, 11) is 0. The van der Waals surface area contributed by atoms with E-state index in [2.05, 4.69) is 15.2 Å². The standard InChI is InChI=1S/C12H11FN4/c1-8-15-16-12-11(14-6-7-17(8)12)9-2-4-10(13)5-3-9/h2-5H,6-7H2,1H3. The highest BCUT2D eigenvalue weighted by molar-refractivity contribution is 6.11. The third-order valence-electron chi connectivity index (χ3n) is 2.86. The molecule has 3 rings (SSSR count). The summed E-state index contributed by atoms with van der Waals surface area (Å²) in [5.41, 5.74) is 1.66. The van der Waals surface area contributed by atoms with E-state index in [1.165, 1.54) is 12.1 Å². The average Bonchev–Trinajstić information content (AvgIpc) is 2.73. The van der Waals surface area contributed by atoms with Gasteiger partial charge in [-0.3, -0.25) is 4.99 Å². The fourth-order valence-corrected chi connectivity index (χ4v) is 1.98. The second-order valence-electron chi connectivity index (χ2n) is 3.96. The van der Waals surface area contributed by atoms with Crippen LogP contribution in [0.25, 0.3) is 0 Å². The van der Waals surface area contributed by atoms with Gasteiger partial charge in [0.25, 0.3) is 0 Å². The van der Waals surface area contributed by atoms with Crippen LogP contribution >= 0.6 is 0 Å². The summed E-state index contributed by atoms with van der Waals surface area (Å²) in [5.74, 6) is 1.40. The smallest absolute Gasteiger partial charge is 0.182 e. The van der Waals surface area contributed by atoms with E-state index in [4.69, 9.17) is 0 Å². The number of benzene rings is 1. The molecule has 0 spiro atoms. The van der Waals surface area contributed by atoms with Crippen LogP contribution in [0.3, 0.4) is 0 Å². The third-order valence-corrected chi connectivity index (χ3v) is 2.86. The van der Waals surface area contributed by atoms with Crippen molar-refractivity contribution in [3.05, 3.63) is 47.3 Å². The van der Waals surface area contributed by atoms with E-state index < -0.39 is 0 Å². The Kier molecular flexibility index (Phi) is 2.24. The molecule has 2 aromatic rings. The Morgan fingerprint density at radius 2 is 1.94 bits per heavy atom. The lowest BCUT2D eigenvalue weighted by atomic mass is 10.1. The first-order chi connectivity index (χ1) is 8.25. The fourth-order valence-electron chi connectivity index (χ4n) is 1.98. The van der Waals surface area contributed by atoms with Crippen LogP contribution in [0.1, 0.15) is 17.2 Å². The highest BCUT2D eigenvalue weighted by atomic mass is 19.1. The van der Waals surface area contributed by atoms with Gasteiger partial charge in [-0.1, -0.05) is 0 Å². The Morgan fingerprint density at radius 3 is 2.71 bits per heavy atom. The first-order valence-corrected chi connectivity index (χ1v) is 5.46. The second kappa shape index (κ2) is 3.76. The van der Waals surface area contributed by atoms with E-state index in [0.717, 1.165) is 29.5 Å². The third kappa shape index (κ3) is 1.63. The van der Waals surface area contributed by atoms with Gasteiger partial charge in [-0.2, -0.15) is 0 Å². The summed E-state index contributed by atoms with van der Waals surface area (Å²) in [6, 6.07) is 6.29. The van der Waals surface area contributed by atoms with Crippen LogP contribution in [0.5, 0.6) is 0 Å². The molecule has 0 N–H and O–H groups in total. The van der Waals surface area contributed by atoms with E-state index >= 15 is 0 Å². The quantitative estimate of drug-likeness (QED) is 0.746. The summed E-state index contributed by atoms with van der Waals surface area (Å²) < 4.78 is 14.9. The molecule has 0 fully saturated rings. The fraction of sp³-hybridized carbons (Fsp3) is 0.250. The lowest BCUT2D eigenvalue weighted by molar-refractivity contribution is 0.627. The number of hydrogen-bond donors (Lipinski definition) is 0. The van der Waals surface area contributed by atoms with Gasteiger partial charge in [0.15, 0.2) is 5.82 Å². The van der Waals surface area contributed by atoms with Crippen molar-refractivity contribution in [1.82, 2.24) is 14.8 Å². The molecule has 1 aliphatic rings. The van der Waals surface area contributed by atoms with Crippen LogP contribution in [-0.2, 0) is 6.54 Å². The van der Waals surface area contributed by atoms with E-state index in [0.29, 0.717) is 6.54 Å². The maximum Gasteiger partial charge on any atom is 0.182 e. The van der Waals surface area contributed by atoms with Crippen molar-refractivity contribution in [2.24, 2.45) is 4.99 Å². The van der Waals surface area contributed by atoms with Gasteiger partial charge in [-0.25, -0.2) is 4.39 Å². The molecule has 0 atom stereocenters. The zero-order valence-corrected chi connectivity index (χ0v) is 9.39. The van der Waals surface area contributed by atoms with Crippen molar-refractivity contribution in [2.75, 3.05) is 6.54 Å². The zero-order chi connectivity index (χ0) is 11.8. The van der Waals surface area contributed by atoms with Crippen LogP contribution < -0.4 is 0 Å². The highest BCUT2D eigenvalue weighted by Crippen LogP contribution is 2.15. The molecule has 1 aliphatic heterocycles. The van der Waals surface area contributed by atoms with Gasteiger partial charge in [0.05, 0.1) is 6.54 Å². The molecule has 0 radical (unpaired) electrons. The molecule has 0 amide bonds. The summed E-state index contributed by atoms with van der Waals surface area (Å²) in [5, 5.41) is 8.17. The maximum absolute atomic E-state index is 12.9. The summed E-state index contributed by atoms with van der Waals surface area (Å²) in [4.78, 5) is 4.45. The molecule has 0 unspecified atom stereocenters. The molecule has 5 heteroatoms. The number of hydrogen-bond acceptors (Lipinski definition) is 3. The minimum absolute atomic E-state index is 0.247. The predicted molar refractivity (Wildman–Crippen MR) is 61.7 cm³/mol. The van der Waals surface area contributed by atoms with Crippen molar-refractivity contribution in [1.29, 1.82) is 0 Å². The Morgan fingerprint density at radius 1 is 1.18 bits per heavy atom. The van der Waals surface area contributed by atoms with Crippen molar-refractivity contribution in [3.63, 3.8) is 0 Å². The Hall–Kier alpha value is -2.04. The van der Waals surface area contributed by atoms with Gasteiger partial charge in [0.1, 0.15) is 17.4 Å². The van der Waals surface area contributed by atoms with E-state index in [1.54, 1.807) is 12.1 Å². The number of fused-ring (bicyclic) bond motifs is 1. The van der Waals surface area contributed by atoms with Gasteiger partial charge in [-0.05, 0) is 31.2 Å². The summed E-state index contributed by atoms with van der Waals surface area (Å²) >= 11 is 0. The predicted octanol–water partition coefficient (Wildman–Crippen LogP) is 1.58. The van der Waals surface area contributed by atoms with Gasteiger partial charge >= 0.3 is 0 Å². The molecule has 86 valence electrons. The molecule has 0 saturated heterocycles. The largest absolute Gasteiger partial charge is 0.308 e. The van der Waals surface area contributed by atoms with Gasteiger partial charge in [0.2, 0.25) is 0 Å². The van der Waals surface area contributed by atoms with Crippen molar-refractivity contribution in [2.45, 2.75) is 13.5 Å². The molecule has 0 aliphatic carbocycles. The summed E-state index contributed by atoms with van der Waals surface area (Å²) in [6.07, 6.45) is 0. The van der Waals surface area contributed by atoms with Gasteiger partial charge in [-0.15, -0.1) is 10.2 Å². The second-order valence-corrected chi connectivity index (χ2v) is 3.96. The minimum Gasteiger partial charge on any atom is -0.308 e. The summed E-state index contributed by atoms with van der Waals surface area (Å²) in [6.45, 7) is 3.43. The Labute approximate surface area is 97.8 Å². The number of rotatable bonds is 1. The van der Waals surface area contributed by atoms with Crippen molar-refractivity contribution < 1.29 is 4.39 Å². The number of aryl methyl sites for hydroxylation is 1. The highest BCUT2D eigenvalue weighted by Gasteiger charge is 2.19. The molecule has 0 saturated carbocycles. The maximum atomic E-state index is 12.9. The molecule has 0 bridgehead atoms. The average molecular weight is 230 g/mol. The SMILES string of the molecule is Cc1nnc2n1CCN=C2c1ccc(F)cc1. The minimum atomic E-state index is -0.247. The van der Waals surface area contributed by atoms with Gasteiger partial charge < -0.3 is 4.57 Å². The lowest BCUT2D eigenvalue weighted by Crippen LogP contribution is -2.20. The lowest BCUT2D eigenvalue weighted by Gasteiger charge is -2.14. The Balaban J connectivity index is 2.09. The molecule has 2 heterocycles. The molecule has 1 aromatic carbocycles. The number of nitrogens with zero attached hydrogens (tertiary/aromatic N) is 4. The molecule has 1 aromatic heterocycles. The first kappa shape index (κ1) is 10.1. The number of aromatic nitrogens is 3. The van der Waals surface area contributed by atoms with E-state index in [1.807, 2.05) is 11.5 Å². The van der Waals surface area contributed by atoms with Crippen molar-refractivity contribution in [3.8, 4) is 0 Å². The van der Waals surface area contributed by atoms with Gasteiger partial charge in [0, 0.05) is 12.1 Å². The molecular formula is C12H11FN4. The monoisotopic (exact) mass is 230 g/mol. The Bertz CT molecular complexity index is 583. The van der Waals surface area contributed by atoms with Crippen LogP contribution in [0.15, 0.2) is 29.3 Å².